The molecule has 1 aromatic rings. The molecule has 0 fully saturated rings. The maximum atomic E-state index is 13.7. The molecule has 0 aromatic heterocycles. The number of rotatable bonds is 4. The van der Waals surface area contributed by atoms with Crippen molar-refractivity contribution in [2.45, 2.75) is 11.3 Å². The molecular formula is C9H6ClF4NO3S. The van der Waals surface area contributed by atoms with Gasteiger partial charge in [0.2, 0.25) is 0 Å². The molecule has 0 radical (unpaired) electrons. The van der Waals surface area contributed by atoms with Crippen molar-refractivity contribution in [2.75, 3.05) is 6.54 Å². The van der Waals surface area contributed by atoms with Gasteiger partial charge in [0.15, 0.2) is 5.82 Å². The van der Waals surface area contributed by atoms with Crippen LogP contribution in [0.2, 0.25) is 0 Å². The summed E-state index contributed by atoms with van der Waals surface area (Å²) in [5.41, 5.74) is -1.29. The molecule has 4 nitrogen and oxygen atoms in total. The van der Waals surface area contributed by atoms with Crippen molar-refractivity contribution < 1.29 is 30.8 Å². The van der Waals surface area contributed by atoms with Gasteiger partial charge in [0.25, 0.3) is 21.4 Å². The van der Waals surface area contributed by atoms with Gasteiger partial charge < -0.3 is 5.32 Å². The van der Waals surface area contributed by atoms with Gasteiger partial charge in [0.05, 0.1) is 6.54 Å². The number of alkyl halides is 2. The maximum Gasteiger partial charge on any atom is 0.264 e. The molecule has 1 rings (SSSR count). The van der Waals surface area contributed by atoms with Gasteiger partial charge in [-0.1, -0.05) is 0 Å². The Kier molecular flexibility index (Phi) is 4.75. The van der Waals surface area contributed by atoms with E-state index in [0.717, 1.165) is 0 Å². The lowest BCUT2D eigenvalue weighted by Gasteiger charge is -2.08. The van der Waals surface area contributed by atoms with E-state index >= 15 is 0 Å². The zero-order valence-electron chi connectivity index (χ0n) is 8.96. The molecule has 0 saturated carbocycles. The summed E-state index contributed by atoms with van der Waals surface area (Å²) in [6.45, 7) is -1.13. The number of hydrogen-bond donors (Lipinski definition) is 1. The van der Waals surface area contributed by atoms with Crippen molar-refractivity contribution >= 4 is 25.6 Å². The van der Waals surface area contributed by atoms with E-state index in [1.165, 1.54) is 0 Å². The molecule has 0 aliphatic carbocycles. The average molecular weight is 320 g/mol. The number of benzene rings is 1. The number of nitrogens with one attached hydrogen (secondary N) is 1. The number of amides is 1. The van der Waals surface area contributed by atoms with Gasteiger partial charge in [-0.2, -0.15) is 0 Å². The van der Waals surface area contributed by atoms with Crippen molar-refractivity contribution in [2.24, 2.45) is 0 Å². The fraction of sp³-hybridized carbons (Fsp3) is 0.222. The first-order valence-electron chi connectivity index (χ1n) is 4.63. The summed E-state index contributed by atoms with van der Waals surface area (Å²) in [4.78, 5) is 10.2. The quantitative estimate of drug-likeness (QED) is 0.681. The molecule has 0 bridgehead atoms. The maximum absolute atomic E-state index is 13.7. The second kappa shape index (κ2) is 5.74. The van der Waals surface area contributed by atoms with Gasteiger partial charge in [0, 0.05) is 10.7 Å². The topological polar surface area (TPSA) is 63.2 Å². The Balaban J connectivity index is 3.24. The summed E-state index contributed by atoms with van der Waals surface area (Å²) in [6, 6.07) is 1.02. The fourth-order valence-electron chi connectivity index (χ4n) is 1.19. The Labute approximate surface area is 109 Å². The van der Waals surface area contributed by atoms with E-state index in [-0.39, 0.29) is 0 Å². The van der Waals surface area contributed by atoms with Gasteiger partial charge in [-0.15, -0.1) is 0 Å². The zero-order valence-corrected chi connectivity index (χ0v) is 10.5. The van der Waals surface area contributed by atoms with Crippen LogP contribution in [0.3, 0.4) is 0 Å². The van der Waals surface area contributed by atoms with E-state index in [0.29, 0.717) is 12.1 Å². The highest BCUT2D eigenvalue weighted by Gasteiger charge is 2.26. The smallest absolute Gasteiger partial charge is 0.264 e. The van der Waals surface area contributed by atoms with Crippen LogP contribution in [0.25, 0.3) is 0 Å². The molecule has 1 amide bonds. The first-order chi connectivity index (χ1) is 8.64. The standard InChI is InChI=1S/C9H6ClF4NO3S/c10-19(17,18)5-2-1-4(11)7(8(5)14)9(16)15-3-6(12)13/h1-2,6H,3H2,(H,15,16). The number of carbonyl (C=O) groups is 1. The number of hydrogen-bond acceptors (Lipinski definition) is 3. The number of halogens is 5. The predicted octanol–water partition coefficient (Wildman–Crippen LogP) is 1.89. The Bertz CT molecular complexity index is 606. The third kappa shape index (κ3) is 3.80. The van der Waals surface area contributed by atoms with Crippen molar-refractivity contribution in [3.63, 3.8) is 0 Å². The van der Waals surface area contributed by atoms with Crippen LogP contribution in [0.5, 0.6) is 0 Å². The van der Waals surface area contributed by atoms with E-state index < -0.39 is 50.0 Å². The minimum absolute atomic E-state index is 0.496. The van der Waals surface area contributed by atoms with Crippen molar-refractivity contribution in [1.82, 2.24) is 5.32 Å². The molecule has 19 heavy (non-hydrogen) atoms. The molecule has 0 aliphatic heterocycles. The monoisotopic (exact) mass is 319 g/mol. The first kappa shape index (κ1) is 15.7. The Morgan fingerprint density at radius 2 is 1.89 bits per heavy atom. The molecular weight excluding hydrogens is 314 g/mol. The third-order valence-electron chi connectivity index (χ3n) is 1.96. The van der Waals surface area contributed by atoms with Crippen LogP contribution in [-0.2, 0) is 9.05 Å². The van der Waals surface area contributed by atoms with E-state index in [1.807, 2.05) is 0 Å². The van der Waals surface area contributed by atoms with Gasteiger partial charge in [-0.3, -0.25) is 4.79 Å². The molecule has 0 spiro atoms. The van der Waals surface area contributed by atoms with Gasteiger partial charge in [0.1, 0.15) is 16.3 Å². The second-order valence-corrected chi connectivity index (χ2v) is 5.81. The molecule has 0 saturated heterocycles. The van der Waals surface area contributed by atoms with Gasteiger partial charge in [-0.05, 0) is 12.1 Å². The summed E-state index contributed by atoms with van der Waals surface area (Å²) in [7, 11) is 0.343. The van der Waals surface area contributed by atoms with Crippen LogP contribution in [0.15, 0.2) is 17.0 Å². The van der Waals surface area contributed by atoms with Crippen LogP contribution < -0.4 is 5.32 Å². The average Bonchev–Trinajstić information content (AvgIpc) is 2.24. The van der Waals surface area contributed by atoms with E-state index in [2.05, 4.69) is 0 Å². The molecule has 1 aromatic carbocycles. The molecule has 1 N–H and O–H groups in total. The lowest BCUT2D eigenvalue weighted by molar-refractivity contribution is 0.0883. The molecule has 10 heteroatoms. The van der Waals surface area contributed by atoms with Crippen LogP contribution >= 0.6 is 10.7 Å². The summed E-state index contributed by atoms with van der Waals surface area (Å²) in [5.74, 6) is -4.63. The molecule has 0 heterocycles. The second-order valence-electron chi connectivity index (χ2n) is 3.27. The highest BCUT2D eigenvalue weighted by molar-refractivity contribution is 8.13. The lowest BCUT2D eigenvalue weighted by Crippen LogP contribution is -2.30. The van der Waals surface area contributed by atoms with Crippen LogP contribution in [0, 0.1) is 11.6 Å². The molecule has 0 atom stereocenters. The normalized spacial score (nSPS) is 11.7. The zero-order chi connectivity index (χ0) is 14.8. The van der Waals surface area contributed by atoms with Crippen LogP contribution in [0.1, 0.15) is 10.4 Å². The molecule has 106 valence electrons. The Morgan fingerprint density at radius 1 is 1.32 bits per heavy atom. The van der Waals surface area contributed by atoms with Crippen LogP contribution in [0.4, 0.5) is 17.6 Å². The first-order valence-corrected chi connectivity index (χ1v) is 6.94. The third-order valence-corrected chi connectivity index (χ3v) is 3.30. The highest BCUT2D eigenvalue weighted by atomic mass is 35.7. The number of carbonyl (C=O) groups excluding carboxylic acids is 1. The van der Waals surface area contributed by atoms with E-state index in [1.54, 1.807) is 5.32 Å². The van der Waals surface area contributed by atoms with Crippen LogP contribution in [-0.4, -0.2) is 27.3 Å². The van der Waals surface area contributed by atoms with Crippen molar-refractivity contribution in [3.05, 3.63) is 29.3 Å². The highest BCUT2D eigenvalue weighted by Crippen LogP contribution is 2.23. The molecule has 0 aliphatic rings. The van der Waals surface area contributed by atoms with Gasteiger partial charge in [-0.25, -0.2) is 26.0 Å². The fourth-order valence-corrected chi connectivity index (χ4v) is 2.09. The summed E-state index contributed by atoms with van der Waals surface area (Å²) in [5, 5.41) is 1.55. The largest absolute Gasteiger partial charge is 0.346 e. The Morgan fingerprint density at radius 3 is 2.37 bits per heavy atom. The van der Waals surface area contributed by atoms with E-state index in [9.17, 15) is 30.8 Å². The summed E-state index contributed by atoms with van der Waals surface area (Å²) >= 11 is 0. The van der Waals surface area contributed by atoms with Crippen molar-refractivity contribution in [1.29, 1.82) is 0 Å². The minimum Gasteiger partial charge on any atom is -0.346 e. The minimum atomic E-state index is -4.54. The summed E-state index contributed by atoms with van der Waals surface area (Å²) in [6.07, 6.45) is -2.92. The SMILES string of the molecule is O=C(NCC(F)F)c1c(F)ccc(S(=O)(=O)Cl)c1F. The van der Waals surface area contributed by atoms with E-state index in [4.69, 9.17) is 10.7 Å². The predicted molar refractivity (Wildman–Crippen MR) is 57.7 cm³/mol. The lowest BCUT2D eigenvalue weighted by atomic mass is 10.2. The Hall–Kier alpha value is -1.35. The van der Waals surface area contributed by atoms with Crippen molar-refractivity contribution in [3.8, 4) is 0 Å². The van der Waals surface area contributed by atoms with Gasteiger partial charge >= 0.3 is 0 Å². The summed E-state index contributed by atoms with van der Waals surface area (Å²) < 4.78 is 72.6. The molecule has 0 unspecified atom stereocenters.